The standard InChI is InChI=1S/C7H7F2IN2/c8-7(9)5-2-1-4(12-11)3-6(5)10/h1-3,7,12H,11H2. The number of nitrogen functional groups attached to an aromatic ring is 1. The van der Waals surface area contributed by atoms with Crippen LogP contribution in [-0.4, -0.2) is 0 Å². The molecular weight excluding hydrogens is 277 g/mol. The lowest BCUT2D eigenvalue weighted by Crippen LogP contribution is -2.07. The van der Waals surface area contributed by atoms with Crippen molar-refractivity contribution in [3.63, 3.8) is 0 Å². The van der Waals surface area contributed by atoms with E-state index in [0.717, 1.165) is 0 Å². The molecule has 0 saturated heterocycles. The number of rotatable bonds is 2. The van der Waals surface area contributed by atoms with Gasteiger partial charge in [-0.25, -0.2) is 8.78 Å². The number of hydrazine groups is 1. The lowest BCUT2D eigenvalue weighted by atomic mass is 10.2. The monoisotopic (exact) mass is 284 g/mol. The molecule has 2 nitrogen and oxygen atoms in total. The van der Waals surface area contributed by atoms with Gasteiger partial charge in [-0.15, -0.1) is 0 Å². The minimum atomic E-state index is -2.43. The van der Waals surface area contributed by atoms with Crippen molar-refractivity contribution < 1.29 is 8.78 Å². The van der Waals surface area contributed by atoms with Crippen LogP contribution in [0.5, 0.6) is 0 Å². The van der Waals surface area contributed by atoms with E-state index in [4.69, 9.17) is 5.84 Å². The summed E-state index contributed by atoms with van der Waals surface area (Å²) in [6, 6.07) is 4.45. The second-order valence-corrected chi connectivity index (χ2v) is 3.34. The number of nitrogens with one attached hydrogen (secondary N) is 1. The summed E-state index contributed by atoms with van der Waals surface area (Å²) < 4.78 is 24.9. The fourth-order valence-corrected chi connectivity index (χ4v) is 1.54. The molecule has 0 aliphatic heterocycles. The Kier molecular flexibility index (Phi) is 3.21. The van der Waals surface area contributed by atoms with E-state index in [0.29, 0.717) is 9.26 Å². The molecular formula is C7H7F2IN2. The summed E-state index contributed by atoms with van der Waals surface area (Å²) in [5, 5.41) is 0. The average molecular weight is 284 g/mol. The topological polar surface area (TPSA) is 38.0 Å². The summed E-state index contributed by atoms with van der Waals surface area (Å²) in [5.41, 5.74) is 3.05. The number of hydrogen-bond acceptors (Lipinski definition) is 2. The lowest BCUT2D eigenvalue weighted by molar-refractivity contribution is 0.150. The lowest BCUT2D eigenvalue weighted by Gasteiger charge is -2.05. The number of halogens is 3. The zero-order valence-corrected chi connectivity index (χ0v) is 8.18. The summed E-state index contributed by atoms with van der Waals surface area (Å²) in [6.07, 6.45) is -2.43. The largest absolute Gasteiger partial charge is 0.324 e. The van der Waals surface area contributed by atoms with E-state index in [9.17, 15) is 8.78 Å². The molecule has 0 fully saturated rings. The molecule has 0 aliphatic carbocycles. The van der Waals surface area contributed by atoms with Crippen LogP contribution < -0.4 is 11.3 Å². The van der Waals surface area contributed by atoms with Crippen molar-refractivity contribution in [2.24, 2.45) is 5.84 Å². The third kappa shape index (κ3) is 2.04. The first-order valence-corrected chi connectivity index (χ1v) is 4.27. The Morgan fingerprint density at radius 3 is 2.50 bits per heavy atom. The van der Waals surface area contributed by atoms with Crippen LogP contribution in [0, 0.1) is 3.57 Å². The van der Waals surface area contributed by atoms with Crippen molar-refractivity contribution >= 4 is 28.3 Å². The van der Waals surface area contributed by atoms with Crippen LogP contribution in [0.1, 0.15) is 12.0 Å². The summed E-state index contributed by atoms with van der Waals surface area (Å²) in [5.74, 6) is 5.10. The van der Waals surface area contributed by atoms with Gasteiger partial charge in [-0.2, -0.15) is 0 Å². The van der Waals surface area contributed by atoms with Crippen molar-refractivity contribution in [1.29, 1.82) is 0 Å². The van der Waals surface area contributed by atoms with Crippen molar-refractivity contribution in [2.75, 3.05) is 5.43 Å². The number of benzene rings is 1. The first-order valence-electron chi connectivity index (χ1n) is 3.19. The van der Waals surface area contributed by atoms with Crippen LogP contribution in [0.4, 0.5) is 14.5 Å². The smallest absolute Gasteiger partial charge is 0.264 e. The third-order valence-electron chi connectivity index (χ3n) is 1.40. The fraction of sp³-hybridized carbons (Fsp3) is 0.143. The molecule has 3 N–H and O–H groups in total. The molecule has 1 rings (SSSR count). The highest BCUT2D eigenvalue weighted by atomic mass is 127. The molecule has 0 aliphatic rings. The Bertz CT molecular complexity index is 278. The first kappa shape index (κ1) is 9.66. The fourth-order valence-electron chi connectivity index (χ4n) is 0.794. The number of nitrogens with two attached hydrogens (primary N) is 1. The Labute approximate surface area is 82.2 Å². The number of hydrogen-bond donors (Lipinski definition) is 2. The van der Waals surface area contributed by atoms with E-state index in [1.54, 1.807) is 6.07 Å². The molecule has 0 saturated carbocycles. The Balaban J connectivity index is 3.03. The van der Waals surface area contributed by atoms with Crippen molar-refractivity contribution in [1.82, 2.24) is 0 Å². The third-order valence-corrected chi connectivity index (χ3v) is 2.34. The summed E-state index contributed by atoms with van der Waals surface area (Å²) >= 11 is 1.85. The van der Waals surface area contributed by atoms with E-state index in [-0.39, 0.29) is 5.56 Å². The molecule has 0 unspecified atom stereocenters. The maximum absolute atomic E-state index is 12.2. The Hall–Kier alpha value is -0.430. The van der Waals surface area contributed by atoms with Gasteiger partial charge in [-0.05, 0) is 34.7 Å². The summed E-state index contributed by atoms with van der Waals surface area (Å²) in [6.45, 7) is 0. The molecule has 0 amide bonds. The van der Waals surface area contributed by atoms with Gasteiger partial charge in [0.1, 0.15) is 0 Å². The van der Waals surface area contributed by atoms with Crippen molar-refractivity contribution in [2.45, 2.75) is 6.43 Å². The van der Waals surface area contributed by atoms with Crippen molar-refractivity contribution in [3.05, 3.63) is 27.3 Å². The van der Waals surface area contributed by atoms with E-state index in [2.05, 4.69) is 5.43 Å². The van der Waals surface area contributed by atoms with Gasteiger partial charge in [0.05, 0.1) is 0 Å². The van der Waals surface area contributed by atoms with Crippen LogP contribution in [-0.2, 0) is 0 Å². The molecule has 1 aromatic rings. The van der Waals surface area contributed by atoms with Crippen LogP contribution in [0.2, 0.25) is 0 Å². The second kappa shape index (κ2) is 3.99. The van der Waals surface area contributed by atoms with Crippen LogP contribution in [0.15, 0.2) is 18.2 Å². The number of alkyl halides is 2. The minimum Gasteiger partial charge on any atom is -0.324 e. The highest BCUT2D eigenvalue weighted by molar-refractivity contribution is 14.1. The van der Waals surface area contributed by atoms with Gasteiger partial charge in [0.15, 0.2) is 0 Å². The molecule has 0 atom stereocenters. The maximum atomic E-state index is 12.2. The van der Waals surface area contributed by atoms with Crippen molar-refractivity contribution in [3.8, 4) is 0 Å². The molecule has 66 valence electrons. The second-order valence-electron chi connectivity index (χ2n) is 2.18. The minimum absolute atomic E-state index is 0.0367. The maximum Gasteiger partial charge on any atom is 0.264 e. The van der Waals surface area contributed by atoms with Crippen LogP contribution in [0.3, 0.4) is 0 Å². The highest BCUT2D eigenvalue weighted by Gasteiger charge is 2.10. The van der Waals surface area contributed by atoms with Gasteiger partial charge < -0.3 is 5.43 Å². The molecule has 0 bridgehead atoms. The van der Waals surface area contributed by atoms with E-state index < -0.39 is 6.43 Å². The molecule has 0 aromatic heterocycles. The summed E-state index contributed by atoms with van der Waals surface area (Å²) in [4.78, 5) is 0. The van der Waals surface area contributed by atoms with Crippen LogP contribution >= 0.6 is 22.6 Å². The van der Waals surface area contributed by atoms with E-state index in [1.807, 2.05) is 22.6 Å². The van der Waals surface area contributed by atoms with Gasteiger partial charge in [0.2, 0.25) is 0 Å². The first-order chi connectivity index (χ1) is 5.65. The van der Waals surface area contributed by atoms with Gasteiger partial charge in [-0.1, -0.05) is 6.07 Å². The Morgan fingerprint density at radius 2 is 2.08 bits per heavy atom. The SMILES string of the molecule is NNc1ccc(C(F)F)c(I)c1. The zero-order chi connectivity index (χ0) is 9.14. The number of anilines is 1. The molecule has 0 radical (unpaired) electrons. The highest BCUT2D eigenvalue weighted by Crippen LogP contribution is 2.26. The Morgan fingerprint density at radius 1 is 1.42 bits per heavy atom. The quantitative estimate of drug-likeness (QED) is 0.497. The molecule has 1 aromatic carbocycles. The zero-order valence-electron chi connectivity index (χ0n) is 6.02. The molecule has 0 heterocycles. The predicted octanol–water partition coefficient (Wildman–Crippen LogP) is 2.51. The van der Waals surface area contributed by atoms with Gasteiger partial charge >= 0.3 is 0 Å². The molecule has 12 heavy (non-hydrogen) atoms. The van der Waals surface area contributed by atoms with E-state index >= 15 is 0 Å². The normalized spacial score (nSPS) is 10.4. The summed E-state index contributed by atoms with van der Waals surface area (Å²) in [7, 11) is 0. The molecule has 0 spiro atoms. The van der Waals surface area contributed by atoms with Crippen LogP contribution in [0.25, 0.3) is 0 Å². The van der Waals surface area contributed by atoms with Gasteiger partial charge in [0.25, 0.3) is 6.43 Å². The van der Waals surface area contributed by atoms with Gasteiger partial charge in [0, 0.05) is 14.8 Å². The van der Waals surface area contributed by atoms with E-state index in [1.165, 1.54) is 12.1 Å². The predicted molar refractivity (Wildman–Crippen MR) is 51.9 cm³/mol. The average Bonchev–Trinajstić information content (AvgIpc) is 2.03. The molecule has 5 heteroatoms. The van der Waals surface area contributed by atoms with Gasteiger partial charge in [-0.3, -0.25) is 5.84 Å².